The Labute approximate surface area is 161 Å². The van der Waals surface area contributed by atoms with Gasteiger partial charge in [0.2, 0.25) is 0 Å². The van der Waals surface area contributed by atoms with Gasteiger partial charge in [0.05, 0.1) is 21.9 Å². The first kappa shape index (κ1) is 17.3. The zero-order valence-electron chi connectivity index (χ0n) is 14.7. The Kier molecular flexibility index (Phi) is 4.51. The first-order valence-corrected chi connectivity index (χ1v) is 8.64. The van der Waals surface area contributed by atoms with Crippen molar-refractivity contribution in [1.29, 1.82) is 0 Å². The number of carbonyl (C=O) groups excluding carboxylic acids is 1. The van der Waals surface area contributed by atoms with Crippen LogP contribution in [0.2, 0.25) is 0 Å². The summed E-state index contributed by atoms with van der Waals surface area (Å²) in [6, 6.07) is 24.5. The standard InChI is InChI=1S/C20H17N5O3/c26-20-21-23(15-9-3-1-4-10-15)19(17-13-7-8-14-18(17)25(27)28)24(22-20)16-11-5-2-6-12-16/h1-14,19H,(H2,21,22,26). The minimum Gasteiger partial charge on any atom is -0.258 e. The van der Waals surface area contributed by atoms with Gasteiger partial charge in [-0.15, -0.1) is 0 Å². The highest BCUT2D eigenvalue weighted by atomic mass is 16.6. The number of hydrogen-bond acceptors (Lipinski definition) is 5. The number of anilines is 2. The maximum Gasteiger partial charge on any atom is 0.352 e. The van der Waals surface area contributed by atoms with E-state index >= 15 is 0 Å². The summed E-state index contributed by atoms with van der Waals surface area (Å²) < 4.78 is 0. The number of nitrogens with zero attached hydrogens (tertiary/aromatic N) is 3. The molecule has 0 bridgehead atoms. The SMILES string of the molecule is O=C1NN(c2ccccc2)C(c2ccccc2[N+](=O)[O-])N(c2ccccc2)N1. The largest absolute Gasteiger partial charge is 0.352 e. The molecular weight excluding hydrogens is 358 g/mol. The summed E-state index contributed by atoms with van der Waals surface area (Å²) in [5.74, 6) is 0. The van der Waals surface area contributed by atoms with Crippen LogP contribution in [0.4, 0.5) is 21.9 Å². The second-order valence-electron chi connectivity index (χ2n) is 6.15. The van der Waals surface area contributed by atoms with E-state index in [4.69, 9.17) is 0 Å². The average Bonchev–Trinajstić information content (AvgIpc) is 2.74. The molecule has 0 saturated carbocycles. The number of nitro groups is 1. The van der Waals surface area contributed by atoms with Gasteiger partial charge < -0.3 is 0 Å². The summed E-state index contributed by atoms with van der Waals surface area (Å²) in [4.78, 5) is 23.6. The van der Waals surface area contributed by atoms with Crippen LogP contribution in [-0.2, 0) is 0 Å². The summed E-state index contributed by atoms with van der Waals surface area (Å²) in [6.45, 7) is 0. The molecule has 1 aliphatic heterocycles. The highest BCUT2D eigenvalue weighted by Crippen LogP contribution is 2.36. The Bertz CT molecular complexity index is 945. The van der Waals surface area contributed by atoms with Crippen LogP contribution in [-0.4, -0.2) is 11.0 Å². The van der Waals surface area contributed by atoms with Crippen molar-refractivity contribution in [3.63, 3.8) is 0 Å². The van der Waals surface area contributed by atoms with Crippen molar-refractivity contribution in [2.24, 2.45) is 0 Å². The third-order valence-corrected chi connectivity index (χ3v) is 4.41. The predicted octanol–water partition coefficient (Wildman–Crippen LogP) is 3.75. The average molecular weight is 375 g/mol. The van der Waals surface area contributed by atoms with Gasteiger partial charge in [-0.2, -0.15) is 0 Å². The van der Waals surface area contributed by atoms with Gasteiger partial charge in [-0.25, -0.2) is 15.6 Å². The third kappa shape index (κ3) is 3.18. The molecule has 0 radical (unpaired) electrons. The van der Waals surface area contributed by atoms with Crippen molar-refractivity contribution in [1.82, 2.24) is 10.9 Å². The van der Waals surface area contributed by atoms with Crippen LogP contribution in [0.5, 0.6) is 0 Å². The van der Waals surface area contributed by atoms with Gasteiger partial charge in [0, 0.05) is 6.07 Å². The number of rotatable bonds is 4. The van der Waals surface area contributed by atoms with Crippen molar-refractivity contribution in [3.8, 4) is 0 Å². The highest BCUT2D eigenvalue weighted by molar-refractivity contribution is 5.81. The number of para-hydroxylation sites is 3. The monoisotopic (exact) mass is 375 g/mol. The van der Waals surface area contributed by atoms with E-state index in [1.807, 2.05) is 60.7 Å². The second kappa shape index (κ2) is 7.28. The molecule has 3 aromatic carbocycles. The molecule has 0 atom stereocenters. The van der Waals surface area contributed by atoms with Crippen LogP contribution < -0.4 is 20.9 Å². The lowest BCUT2D eigenvalue weighted by Crippen LogP contribution is -2.65. The summed E-state index contributed by atoms with van der Waals surface area (Å²) in [5, 5.41) is 14.9. The molecular formula is C20H17N5O3. The van der Waals surface area contributed by atoms with Crippen molar-refractivity contribution in [3.05, 3.63) is 101 Å². The van der Waals surface area contributed by atoms with Crippen molar-refractivity contribution in [2.75, 3.05) is 10.0 Å². The maximum atomic E-state index is 12.4. The molecule has 0 spiro atoms. The molecule has 1 heterocycles. The molecule has 140 valence electrons. The highest BCUT2D eigenvalue weighted by Gasteiger charge is 2.38. The van der Waals surface area contributed by atoms with Crippen LogP contribution in [0.1, 0.15) is 11.7 Å². The number of benzene rings is 3. The Morgan fingerprint density at radius 3 is 1.71 bits per heavy atom. The van der Waals surface area contributed by atoms with Gasteiger partial charge in [0.25, 0.3) is 5.69 Å². The van der Waals surface area contributed by atoms with E-state index in [2.05, 4.69) is 10.9 Å². The molecule has 3 aromatic rings. The van der Waals surface area contributed by atoms with Crippen LogP contribution in [0.15, 0.2) is 84.9 Å². The van der Waals surface area contributed by atoms with Gasteiger partial charge in [0.15, 0.2) is 6.17 Å². The maximum absolute atomic E-state index is 12.4. The van der Waals surface area contributed by atoms with Crippen molar-refractivity contribution < 1.29 is 9.72 Å². The Morgan fingerprint density at radius 2 is 1.21 bits per heavy atom. The number of hydrogen-bond donors (Lipinski definition) is 2. The fourth-order valence-electron chi connectivity index (χ4n) is 3.22. The van der Waals surface area contributed by atoms with E-state index in [1.54, 1.807) is 28.2 Å². The first-order valence-electron chi connectivity index (χ1n) is 8.64. The number of urea groups is 1. The van der Waals surface area contributed by atoms with E-state index < -0.39 is 17.1 Å². The lowest BCUT2D eigenvalue weighted by molar-refractivity contribution is -0.385. The van der Waals surface area contributed by atoms with Gasteiger partial charge in [-0.3, -0.25) is 20.1 Å². The fraction of sp³-hybridized carbons (Fsp3) is 0.0500. The number of carbonyl (C=O) groups is 1. The molecule has 4 rings (SSSR count). The van der Waals surface area contributed by atoms with E-state index in [9.17, 15) is 14.9 Å². The Morgan fingerprint density at radius 1 is 0.750 bits per heavy atom. The van der Waals surface area contributed by atoms with Crippen LogP contribution in [0.25, 0.3) is 0 Å². The van der Waals surface area contributed by atoms with Crippen molar-refractivity contribution in [2.45, 2.75) is 6.17 Å². The molecule has 0 unspecified atom stereocenters. The molecule has 1 fully saturated rings. The molecule has 28 heavy (non-hydrogen) atoms. The predicted molar refractivity (Wildman–Crippen MR) is 105 cm³/mol. The van der Waals surface area contributed by atoms with Gasteiger partial charge in [-0.05, 0) is 30.3 Å². The van der Waals surface area contributed by atoms with E-state index in [0.29, 0.717) is 16.9 Å². The van der Waals surface area contributed by atoms with E-state index in [1.165, 1.54) is 6.07 Å². The summed E-state index contributed by atoms with van der Waals surface area (Å²) in [5.41, 5.74) is 7.33. The normalized spacial score (nSPS) is 14.4. The van der Waals surface area contributed by atoms with E-state index in [-0.39, 0.29) is 5.69 Å². The number of hydrazine groups is 2. The minimum atomic E-state index is -0.691. The van der Waals surface area contributed by atoms with Crippen LogP contribution in [0, 0.1) is 10.1 Å². The van der Waals surface area contributed by atoms with Crippen LogP contribution >= 0.6 is 0 Å². The molecule has 2 amide bonds. The molecule has 8 nitrogen and oxygen atoms in total. The summed E-state index contributed by atoms with van der Waals surface area (Å²) >= 11 is 0. The summed E-state index contributed by atoms with van der Waals surface area (Å²) in [6.07, 6.45) is -0.691. The third-order valence-electron chi connectivity index (χ3n) is 4.41. The molecule has 1 aliphatic rings. The quantitative estimate of drug-likeness (QED) is 0.535. The van der Waals surface area contributed by atoms with Crippen molar-refractivity contribution >= 4 is 23.1 Å². The Balaban J connectivity index is 1.90. The first-order chi connectivity index (χ1) is 13.6. The number of nitro benzene ring substituents is 1. The van der Waals surface area contributed by atoms with Gasteiger partial charge >= 0.3 is 6.03 Å². The molecule has 8 heteroatoms. The molecule has 0 aliphatic carbocycles. The summed E-state index contributed by atoms with van der Waals surface area (Å²) in [7, 11) is 0. The van der Waals surface area contributed by atoms with Gasteiger partial charge in [-0.1, -0.05) is 48.5 Å². The zero-order valence-corrected chi connectivity index (χ0v) is 14.7. The van der Waals surface area contributed by atoms with Gasteiger partial charge in [0.1, 0.15) is 0 Å². The topological polar surface area (TPSA) is 90.8 Å². The lowest BCUT2D eigenvalue weighted by Gasteiger charge is -2.45. The molecule has 0 aromatic heterocycles. The molecule has 1 saturated heterocycles. The fourth-order valence-corrected chi connectivity index (χ4v) is 3.22. The number of nitrogens with one attached hydrogen (secondary N) is 2. The van der Waals surface area contributed by atoms with E-state index in [0.717, 1.165) is 0 Å². The minimum absolute atomic E-state index is 0.0349. The zero-order chi connectivity index (χ0) is 19.5. The Hall–Kier alpha value is -4.07. The smallest absolute Gasteiger partial charge is 0.258 e. The number of amides is 2. The lowest BCUT2D eigenvalue weighted by atomic mass is 10.1. The molecule has 2 N–H and O–H groups in total. The van der Waals surface area contributed by atoms with Crippen LogP contribution in [0.3, 0.4) is 0 Å². The second-order valence-corrected chi connectivity index (χ2v) is 6.15.